The molecule has 0 aromatic heterocycles. The van der Waals surface area contributed by atoms with Gasteiger partial charge in [0.15, 0.2) is 0 Å². The maximum absolute atomic E-state index is 12.7. The second-order valence-electron chi connectivity index (χ2n) is 7.34. The molecule has 2 fully saturated rings. The van der Waals surface area contributed by atoms with Gasteiger partial charge in [-0.3, -0.25) is 9.59 Å². The number of hydrogen-bond donors (Lipinski definition) is 0. The van der Waals surface area contributed by atoms with Crippen molar-refractivity contribution in [2.45, 2.75) is 32.8 Å². The van der Waals surface area contributed by atoms with Crippen LogP contribution in [0.15, 0.2) is 24.3 Å². The molecule has 136 valence electrons. The second-order valence-corrected chi connectivity index (χ2v) is 7.75. The fourth-order valence-electron chi connectivity index (χ4n) is 3.40. The quantitative estimate of drug-likeness (QED) is 0.807. The minimum absolute atomic E-state index is 0.0131. The molecule has 0 saturated carbocycles. The molecule has 25 heavy (non-hydrogen) atoms. The molecule has 0 spiro atoms. The Labute approximate surface area is 153 Å². The monoisotopic (exact) mass is 364 g/mol. The van der Waals surface area contributed by atoms with Crippen molar-refractivity contribution in [2.75, 3.05) is 26.2 Å². The highest BCUT2D eigenvalue weighted by Crippen LogP contribution is 2.28. The lowest BCUT2D eigenvalue weighted by Gasteiger charge is -2.42. The predicted octanol–water partition coefficient (Wildman–Crippen LogP) is 2.82. The van der Waals surface area contributed by atoms with E-state index >= 15 is 0 Å². The van der Waals surface area contributed by atoms with Crippen molar-refractivity contribution >= 4 is 23.4 Å². The van der Waals surface area contributed by atoms with Gasteiger partial charge in [0.1, 0.15) is 11.9 Å². The number of para-hydroxylation sites is 1. The van der Waals surface area contributed by atoms with Gasteiger partial charge in [0, 0.05) is 19.5 Å². The van der Waals surface area contributed by atoms with E-state index in [1.165, 1.54) is 0 Å². The molecule has 2 aliphatic rings. The van der Waals surface area contributed by atoms with Gasteiger partial charge in [-0.25, -0.2) is 0 Å². The summed E-state index contributed by atoms with van der Waals surface area (Å²) in [6.45, 7) is 6.61. The van der Waals surface area contributed by atoms with Gasteiger partial charge in [-0.05, 0) is 24.5 Å². The van der Waals surface area contributed by atoms with Crippen LogP contribution in [-0.4, -0.2) is 53.9 Å². The van der Waals surface area contributed by atoms with Crippen LogP contribution in [0.4, 0.5) is 0 Å². The maximum Gasteiger partial charge on any atom is 0.227 e. The van der Waals surface area contributed by atoms with E-state index in [4.69, 9.17) is 16.3 Å². The molecule has 2 amide bonds. The number of rotatable bonds is 5. The molecule has 1 atom stereocenters. The molecule has 5 nitrogen and oxygen atoms in total. The SMILES string of the molecule is CC(C)CN1C[C@@H](C(=O)N2CC(Oc3ccccc3Cl)C2)CCC1=O. The zero-order valence-electron chi connectivity index (χ0n) is 14.8. The normalized spacial score (nSPS) is 21.4. The fraction of sp³-hybridized carbons (Fsp3) is 0.579. The number of carbonyl (C=O) groups excluding carboxylic acids is 2. The summed E-state index contributed by atoms with van der Waals surface area (Å²) in [6.07, 6.45) is 1.11. The van der Waals surface area contributed by atoms with Crippen molar-refractivity contribution in [1.29, 1.82) is 0 Å². The first-order chi connectivity index (χ1) is 11.9. The zero-order valence-corrected chi connectivity index (χ0v) is 15.5. The molecule has 2 saturated heterocycles. The molecule has 1 aromatic rings. The Hall–Kier alpha value is -1.75. The average Bonchev–Trinajstić information content (AvgIpc) is 2.53. The van der Waals surface area contributed by atoms with E-state index in [0.29, 0.717) is 49.2 Å². The number of halogens is 1. The summed E-state index contributed by atoms with van der Waals surface area (Å²) in [5.74, 6) is 1.29. The average molecular weight is 365 g/mol. The van der Waals surface area contributed by atoms with Gasteiger partial charge in [0.2, 0.25) is 11.8 Å². The number of benzene rings is 1. The van der Waals surface area contributed by atoms with E-state index in [1.54, 1.807) is 6.07 Å². The molecule has 0 aliphatic carbocycles. The topological polar surface area (TPSA) is 49.9 Å². The van der Waals surface area contributed by atoms with Gasteiger partial charge in [-0.2, -0.15) is 0 Å². The first kappa shape index (κ1) is 18.1. The molecule has 6 heteroatoms. The van der Waals surface area contributed by atoms with Crippen LogP contribution in [0.2, 0.25) is 5.02 Å². The van der Waals surface area contributed by atoms with Crippen LogP contribution >= 0.6 is 11.6 Å². The highest BCUT2D eigenvalue weighted by atomic mass is 35.5. The van der Waals surface area contributed by atoms with E-state index < -0.39 is 0 Å². The molecule has 2 aliphatic heterocycles. The van der Waals surface area contributed by atoms with Gasteiger partial charge < -0.3 is 14.5 Å². The lowest BCUT2D eigenvalue weighted by atomic mass is 9.94. The molecule has 0 radical (unpaired) electrons. The third-order valence-corrected chi connectivity index (χ3v) is 5.04. The van der Waals surface area contributed by atoms with Gasteiger partial charge >= 0.3 is 0 Å². The number of likely N-dealkylation sites (tertiary alicyclic amines) is 2. The highest BCUT2D eigenvalue weighted by Gasteiger charge is 2.38. The van der Waals surface area contributed by atoms with Crippen molar-refractivity contribution in [3.05, 3.63) is 29.3 Å². The fourth-order valence-corrected chi connectivity index (χ4v) is 3.58. The zero-order chi connectivity index (χ0) is 18.0. The Kier molecular flexibility index (Phi) is 5.52. The first-order valence-electron chi connectivity index (χ1n) is 8.91. The predicted molar refractivity (Wildman–Crippen MR) is 96.6 cm³/mol. The van der Waals surface area contributed by atoms with E-state index in [9.17, 15) is 9.59 Å². The summed E-state index contributed by atoms with van der Waals surface area (Å²) in [4.78, 5) is 28.4. The molecular weight excluding hydrogens is 340 g/mol. The third kappa shape index (κ3) is 4.27. The number of hydrogen-bond acceptors (Lipinski definition) is 3. The number of carbonyl (C=O) groups is 2. The van der Waals surface area contributed by atoms with E-state index in [0.717, 1.165) is 6.54 Å². The van der Waals surface area contributed by atoms with E-state index in [1.807, 2.05) is 28.0 Å². The summed E-state index contributed by atoms with van der Waals surface area (Å²) in [7, 11) is 0. The Bertz CT molecular complexity index is 643. The van der Waals surface area contributed by atoms with Crippen LogP contribution in [0, 0.1) is 11.8 Å². The standard InChI is InChI=1S/C19H25ClN2O3/c1-13(2)9-21-10-14(7-8-18(21)23)19(24)22-11-15(12-22)25-17-6-4-3-5-16(17)20/h3-6,13-15H,7-12H2,1-2H3/t14-/m0/s1. The van der Waals surface area contributed by atoms with Crippen molar-refractivity contribution < 1.29 is 14.3 Å². The minimum atomic E-state index is -0.0855. The van der Waals surface area contributed by atoms with Gasteiger partial charge in [0.05, 0.1) is 24.0 Å². The third-order valence-electron chi connectivity index (χ3n) is 4.72. The molecule has 3 rings (SSSR count). The summed E-state index contributed by atoms with van der Waals surface area (Å²) >= 11 is 6.10. The number of piperidine rings is 1. The maximum atomic E-state index is 12.7. The van der Waals surface area contributed by atoms with Crippen molar-refractivity contribution in [2.24, 2.45) is 11.8 Å². The van der Waals surface area contributed by atoms with Crippen LogP contribution in [0.1, 0.15) is 26.7 Å². The second kappa shape index (κ2) is 7.65. The van der Waals surface area contributed by atoms with Gasteiger partial charge in [0.25, 0.3) is 0 Å². The summed E-state index contributed by atoms with van der Waals surface area (Å²) in [5.41, 5.74) is 0. The van der Waals surface area contributed by atoms with Crippen LogP contribution in [0.5, 0.6) is 5.75 Å². The number of ether oxygens (including phenoxy) is 1. The van der Waals surface area contributed by atoms with Crippen LogP contribution in [0.3, 0.4) is 0 Å². The molecular formula is C19H25ClN2O3. The Morgan fingerprint density at radius 3 is 2.68 bits per heavy atom. The van der Waals surface area contributed by atoms with Crippen LogP contribution in [-0.2, 0) is 9.59 Å². The smallest absolute Gasteiger partial charge is 0.227 e. The molecule has 0 N–H and O–H groups in total. The van der Waals surface area contributed by atoms with Gasteiger partial charge in [-0.15, -0.1) is 0 Å². The molecule has 1 aromatic carbocycles. The summed E-state index contributed by atoms with van der Waals surface area (Å²) < 4.78 is 5.85. The van der Waals surface area contributed by atoms with E-state index in [2.05, 4.69) is 13.8 Å². The minimum Gasteiger partial charge on any atom is -0.485 e. The van der Waals surface area contributed by atoms with Crippen LogP contribution < -0.4 is 4.74 Å². The Balaban J connectivity index is 1.50. The van der Waals surface area contributed by atoms with Crippen molar-refractivity contribution in [3.63, 3.8) is 0 Å². The largest absolute Gasteiger partial charge is 0.485 e. The lowest BCUT2D eigenvalue weighted by molar-refractivity contribution is -0.149. The Morgan fingerprint density at radius 2 is 2.00 bits per heavy atom. The van der Waals surface area contributed by atoms with Crippen LogP contribution in [0.25, 0.3) is 0 Å². The summed E-state index contributed by atoms with van der Waals surface area (Å²) in [6, 6.07) is 7.37. The summed E-state index contributed by atoms with van der Waals surface area (Å²) in [5, 5.41) is 0.586. The Morgan fingerprint density at radius 1 is 1.28 bits per heavy atom. The highest BCUT2D eigenvalue weighted by molar-refractivity contribution is 6.32. The first-order valence-corrected chi connectivity index (χ1v) is 9.29. The number of nitrogens with zero attached hydrogens (tertiary/aromatic N) is 2. The van der Waals surface area contributed by atoms with E-state index in [-0.39, 0.29) is 23.8 Å². The molecule has 2 heterocycles. The number of amides is 2. The lowest BCUT2D eigenvalue weighted by Crippen LogP contribution is -2.59. The van der Waals surface area contributed by atoms with Crippen molar-refractivity contribution in [1.82, 2.24) is 9.80 Å². The van der Waals surface area contributed by atoms with Crippen molar-refractivity contribution in [3.8, 4) is 5.75 Å². The molecule has 0 unspecified atom stereocenters. The van der Waals surface area contributed by atoms with Gasteiger partial charge in [-0.1, -0.05) is 37.6 Å². The molecule has 0 bridgehead atoms.